The molecule has 2 atom stereocenters. The fraction of sp³-hybridized carbons (Fsp3) is 0.188. The van der Waals surface area contributed by atoms with Gasteiger partial charge in [-0.1, -0.05) is 41.4 Å². The summed E-state index contributed by atoms with van der Waals surface area (Å²) in [7, 11) is 0. The van der Waals surface area contributed by atoms with Crippen LogP contribution in [-0.2, 0) is 0 Å². The summed E-state index contributed by atoms with van der Waals surface area (Å²) >= 11 is 14.6. The van der Waals surface area contributed by atoms with Crippen molar-refractivity contribution in [3.8, 4) is 0 Å². The van der Waals surface area contributed by atoms with E-state index < -0.39 is 0 Å². The van der Waals surface area contributed by atoms with Gasteiger partial charge in [0.1, 0.15) is 11.2 Å². The second-order valence-electron chi connectivity index (χ2n) is 5.09. The number of rotatable bonds is 1. The molecule has 0 aliphatic carbocycles. The Morgan fingerprint density at radius 2 is 1.76 bits per heavy atom. The number of imidazole rings is 1. The van der Waals surface area contributed by atoms with Crippen LogP contribution in [0, 0.1) is 0 Å². The molecule has 0 saturated carbocycles. The minimum Gasteiger partial charge on any atom is -0.310 e. The van der Waals surface area contributed by atoms with Crippen molar-refractivity contribution in [2.45, 2.75) is 17.5 Å². The van der Waals surface area contributed by atoms with E-state index in [1.807, 2.05) is 48.2 Å². The van der Waals surface area contributed by atoms with Crippen molar-refractivity contribution in [1.29, 1.82) is 0 Å². The van der Waals surface area contributed by atoms with Crippen LogP contribution in [0.15, 0.2) is 42.5 Å². The molecular formula is C16H12Cl2N2S. The lowest BCUT2D eigenvalue weighted by molar-refractivity contribution is 0.777. The minimum atomic E-state index is 0.0728. The summed E-state index contributed by atoms with van der Waals surface area (Å²) in [6, 6.07) is 13.9. The summed E-state index contributed by atoms with van der Waals surface area (Å²) < 4.78 is 2.26. The van der Waals surface area contributed by atoms with E-state index in [9.17, 15) is 0 Å². The number of benzene rings is 2. The van der Waals surface area contributed by atoms with E-state index in [4.69, 9.17) is 28.2 Å². The summed E-state index contributed by atoms with van der Waals surface area (Å²) in [6.07, 6.45) is 0. The molecule has 2 nitrogen and oxygen atoms in total. The molecule has 0 radical (unpaired) electrons. The first-order valence-corrected chi connectivity index (χ1v) is 8.43. The summed E-state index contributed by atoms with van der Waals surface area (Å²) in [6.45, 7) is 2.17. The first-order chi connectivity index (χ1) is 10.2. The van der Waals surface area contributed by atoms with Gasteiger partial charge in [0, 0.05) is 15.6 Å². The number of hydrogen-bond acceptors (Lipinski definition) is 2. The Labute approximate surface area is 137 Å². The van der Waals surface area contributed by atoms with Crippen LogP contribution in [0.25, 0.3) is 11.0 Å². The van der Waals surface area contributed by atoms with Gasteiger partial charge in [-0.25, -0.2) is 4.98 Å². The van der Waals surface area contributed by atoms with E-state index in [1.165, 1.54) is 0 Å². The van der Waals surface area contributed by atoms with Gasteiger partial charge in [0.25, 0.3) is 0 Å². The number of halogens is 2. The van der Waals surface area contributed by atoms with Crippen LogP contribution >= 0.6 is 35.0 Å². The lowest BCUT2D eigenvalue weighted by atomic mass is 10.2. The molecule has 0 N–H and O–H groups in total. The van der Waals surface area contributed by atoms with Crippen molar-refractivity contribution in [3.05, 3.63) is 63.9 Å². The third kappa shape index (κ3) is 1.99. The third-order valence-electron chi connectivity index (χ3n) is 3.80. The number of nitrogens with zero attached hydrogens (tertiary/aromatic N) is 2. The zero-order valence-corrected chi connectivity index (χ0v) is 13.6. The number of para-hydroxylation sites is 2. The molecule has 0 fully saturated rings. The van der Waals surface area contributed by atoms with Crippen molar-refractivity contribution in [2.75, 3.05) is 0 Å². The van der Waals surface area contributed by atoms with E-state index in [0.29, 0.717) is 15.3 Å². The number of aromatic nitrogens is 2. The molecule has 1 aromatic heterocycles. The highest BCUT2D eigenvalue weighted by atomic mass is 35.5. The van der Waals surface area contributed by atoms with Crippen molar-refractivity contribution in [2.24, 2.45) is 0 Å². The highest BCUT2D eigenvalue weighted by Gasteiger charge is 2.35. The predicted molar refractivity (Wildman–Crippen MR) is 90.3 cm³/mol. The molecule has 1 aliphatic heterocycles. The van der Waals surface area contributed by atoms with Gasteiger partial charge in [-0.2, -0.15) is 0 Å². The lowest BCUT2D eigenvalue weighted by Crippen LogP contribution is -2.04. The van der Waals surface area contributed by atoms with E-state index in [0.717, 1.165) is 22.4 Å². The van der Waals surface area contributed by atoms with E-state index in [2.05, 4.69) is 17.6 Å². The first kappa shape index (κ1) is 13.5. The fourth-order valence-electron chi connectivity index (χ4n) is 2.86. The second-order valence-corrected chi connectivity index (χ2v) is 7.33. The molecule has 2 heterocycles. The maximum atomic E-state index is 6.41. The molecular weight excluding hydrogens is 323 g/mol. The Morgan fingerprint density at radius 3 is 2.52 bits per heavy atom. The predicted octanol–water partition coefficient (Wildman–Crippen LogP) is 5.70. The van der Waals surface area contributed by atoms with Gasteiger partial charge in [0.2, 0.25) is 0 Å². The molecule has 1 aliphatic rings. The highest BCUT2D eigenvalue weighted by molar-refractivity contribution is 8.00. The minimum absolute atomic E-state index is 0.0728. The molecule has 106 valence electrons. The molecule has 5 heteroatoms. The van der Waals surface area contributed by atoms with Crippen LogP contribution in [0.2, 0.25) is 10.0 Å². The number of thioether (sulfide) groups is 1. The molecule has 0 unspecified atom stereocenters. The molecule has 4 rings (SSSR count). The van der Waals surface area contributed by atoms with Crippen LogP contribution in [0.3, 0.4) is 0 Å². The summed E-state index contributed by atoms with van der Waals surface area (Å²) in [5.74, 6) is 1.09. The lowest BCUT2D eigenvalue weighted by Gasteiger charge is -2.17. The van der Waals surface area contributed by atoms with Crippen LogP contribution < -0.4 is 0 Å². The summed E-state index contributed by atoms with van der Waals surface area (Å²) in [4.78, 5) is 4.77. The SMILES string of the molecule is C[C@@H]1S[C@H](c2c(Cl)cccc2Cl)n2c1nc1ccccc12. The number of fused-ring (bicyclic) bond motifs is 3. The molecule has 0 amide bonds. The quantitative estimate of drug-likeness (QED) is 0.568. The summed E-state index contributed by atoms with van der Waals surface area (Å²) in [5, 5.41) is 1.80. The number of hydrogen-bond donors (Lipinski definition) is 0. The molecule has 0 spiro atoms. The van der Waals surface area contributed by atoms with Crippen molar-refractivity contribution < 1.29 is 0 Å². The average molecular weight is 335 g/mol. The maximum Gasteiger partial charge on any atom is 0.124 e. The van der Waals surface area contributed by atoms with E-state index in [1.54, 1.807) is 0 Å². The molecule has 0 saturated heterocycles. The molecule has 2 aromatic carbocycles. The molecule has 0 bridgehead atoms. The monoisotopic (exact) mass is 334 g/mol. The van der Waals surface area contributed by atoms with Gasteiger partial charge in [0.05, 0.1) is 16.3 Å². The van der Waals surface area contributed by atoms with E-state index in [-0.39, 0.29) is 5.37 Å². The largest absolute Gasteiger partial charge is 0.310 e. The molecule has 3 aromatic rings. The van der Waals surface area contributed by atoms with Gasteiger partial charge in [0.15, 0.2) is 0 Å². The van der Waals surface area contributed by atoms with Gasteiger partial charge in [-0.05, 0) is 31.2 Å². The third-order valence-corrected chi connectivity index (χ3v) is 5.78. The average Bonchev–Trinajstić information content (AvgIpc) is 2.98. The summed E-state index contributed by atoms with van der Waals surface area (Å²) in [5.41, 5.74) is 3.12. The highest BCUT2D eigenvalue weighted by Crippen LogP contribution is 2.52. The van der Waals surface area contributed by atoms with Gasteiger partial charge in [-0.15, -0.1) is 11.8 Å². The topological polar surface area (TPSA) is 17.8 Å². The Morgan fingerprint density at radius 1 is 1.05 bits per heavy atom. The zero-order valence-electron chi connectivity index (χ0n) is 11.3. The fourth-order valence-corrected chi connectivity index (χ4v) is 5.00. The van der Waals surface area contributed by atoms with Crippen molar-refractivity contribution in [1.82, 2.24) is 9.55 Å². The van der Waals surface area contributed by atoms with Gasteiger partial charge >= 0.3 is 0 Å². The smallest absolute Gasteiger partial charge is 0.124 e. The Balaban J connectivity index is 1.99. The Bertz CT molecular complexity index is 823. The Hall–Kier alpha value is -1.16. The van der Waals surface area contributed by atoms with Crippen molar-refractivity contribution >= 4 is 46.0 Å². The second kappa shape index (κ2) is 4.94. The van der Waals surface area contributed by atoms with Crippen molar-refractivity contribution in [3.63, 3.8) is 0 Å². The first-order valence-electron chi connectivity index (χ1n) is 6.73. The van der Waals surface area contributed by atoms with E-state index >= 15 is 0 Å². The zero-order chi connectivity index (χ0) is 14.6. The molecule has 21 heavy (non-hydrogen) atoms. The normalized spacial score (nSPS) is 20.9. The van der Waals surface area contributed by atoms with Crippen LogP contribution in [0.1, 0.15) is 28.9 Å². The van der Waals surface area contributed by atoms with Crippen LogP contribution in [0.4, 0.5) is 0 Å². The van der Waals surface area contributed by atoms with Crippen LogP contribution in [0.5, 0.6) is 0 Å². The van der Waals surface area contributed by atoms with Crippen LogP contribution in [-0.4, -0.2) is 9.55 Å². The van der Waals surface area contributed by atoms with Gasteiger partial charge < -0.3 is 4.57 Å². The maximum absolute atomic E-state index is 6.41. The Kier molecular flexibility index (Phi) is 3.18. The standard InChI is InChI=1S/C16H12Cl2N2S/c1-9-15-19-12-7-2-3-8-13(12)20(15)16(21-9)14-10(17)5-4-6-11(14)18/h2-9,16H,1H3/t9-,16+/m0/s1. The van der Waals surface area contributed by atoms with Gasteiger partial charge in [-0.3, -0.25) is 0 Å².